The SMILES string of the molecule is Cc1ccc2cc(-c3oc4cc(C(=O)N5CC6CCP5C6C)ccc4c3C)n(CC3CC3)c2n1. The summed E-state index contributed by atoms with van der Waals surface area (Å²) in [6.45, 7) is 8.42. The quantitative estimate of drug-likeness (QED) is 0.310. The third-order valence-corrected chi connectivity index (χ3v) is 11.3. The molecule has 3 fully saturated rings. The zero-order chi connectivity index (χ0) is 23.1. The number of amides is 1. The summed E-state index contributed by atoms with van der Waals surface area (Å²) in [7, 11) is -0.316. The Labute approximate surface area is 200 Å². The number of aromatic nitrogens is 2. The number of nitrogens with zero attached hydrogens (tertiary/aromatic N) is 3. The Morgan fingerprint density at radius 3 is 2.74 bits per heavy atom. The Morgan fingerprint density at radius 1 is 1.15 bits per heavy atom. The van der Waals surface area contributed by atoms with Crippen LogP contribution in [0.2, 0.25) is 0 Å². The van der Waals surface area contributed by atoms with Crippen LogP contribution < -0.4 is 0 Å². The Balaban J connectivity index is 1.30. The molecule has 5 heterocycles. The first kappa shape index (κ1) is 20.7. The maximum atomic E-state index is 13.4. The summed E-state index contributed by atoms with van der Waals surface area (Å²) in [5, 5.41) is 2.23. The average molecular weight is 472 g/mol. The Hall–Kier alpha value is -2.65. The molecule has 34 heavy (non-hydrogen) atoms. The molecule has 5 nitrogen and oxygen atoms in total. The van der Waals surface area contributed by atoms with Crippen LogP contribution in [0.1, 0.15) is 47.8 Å². The van der Waals surface area contributed by atoms with Gasteiger partial charge in [0.2, 0.25) is 0 Å². The smallest absolute Gasteiger partial charge is 0.257 e. The van der Waals surface area contributed by atoms with Gasteiger partial charge in [0, 0.05) is 40.7 Å². The first-order chi connectivity index (χ1) is 16.5. The van der Waals surface area contributed by atoms with E-state index in [1.807, 2.05) is 19.1 Å². The monoisotopic (exact) mass is 471 g/mol. The summed E-state index contributed by atoms with van der Waals surface area (Å²) in [4.78, 5) is 18.3. The maximum absolute atomic E-state index is 13.4. The fourth-order valence-electron chi connectivity index (χ4n) is 6.00. The van der Waals surface area contributed by atoms with Crippen LogP contribution in [0.3, 0.4) is 0 Å². The maximum Gasteiger partial charge on any atom is 0.257 e. The molecule has 1 saturated carbocycles. The molecule has 1 aliphatic carbocycles. The van der Waals surface area contributed by atoms with Crippen LogP contribution in [-0.4, -0.2) is 38.5 Å². The fourth-order valence-corrected chi connectivity index (χ4v) is 9.19. The van der Waals surface area contributed by atoms with Gasteiger partial charge in [-0.3, -0.25) is 4.79 Å². The summed E-state index contributed by atoms with van der Waals surface area (Å²) in [6, 6.07) is 12.5. The zero-order valence-corrected chi connectivity index (χ0v) is 20.9. The minimum Gasteiger partial charge on any atom is -0.454 e. The van der Waals surface area contributed by atoms with E-state index in [1.165, 1.54) is 25.4 Å². The van der Waals surface area contributed by atoms with Crippen molar-refractivity contribution in [3.05, 3.63) is 53.2 Å². The van der Waals surface area contributed by atoms with Gasteiger partial charge in [0.05, 0.1) is 5.69 Å². The third kappa shape index (κ3) is 3.09. The average Bonchev–Trinajstić information content (AvgIpc) is 3.26. The molecule has 2 bridgehead atoms. The van der Waals surface area contributed by atoms with E-state index in [1.54, 1.807) is 0 Å². The van der Waals surface area contributed by atoms with Crippen molar-refractivity contribution in [2.45, 2.75) is 52.2 Å². The zero-order valence-electron chi connectivity index (χ0n) is 20.0. The van der Waals surface area contributed by atoms with Crippen molar-refractivity contribution in [2.75, 3.05) is 12.7 Å². The lowest BCUT2D eigenvalue weighted by molar-refractivity contribution is 0.0859. The standard InChI is InChI=1S/C28H30N3O2P/c1-16-4-7-20-12-24(30(27(20)29-16)14-19-5-6-19)26-17(2)23-9-8-21(13-25(23)33-26)28(32)31-15-22-10-11-34(31)18(22)3/h4,7-9,12-13,18-19,22H,5-6,10-11,14-15H2,1-3H3. The summed E-state index contributed by atoms with van der Waals surface area (Å²) in [6.07, 6.45) is 5.07. The molecule has 3 aromatic heterocycles. The fraction of sp³-hybridized carbons (Fsp3) is 0.429. The highest BCUT2D eigenvalue weighted by molar-refractivity contribution is 7.57. The molecule has 1 aromatic carbocycles. The predicted molar refractivity (Wildman–Crippen MR) is 138 cm³/mol. The van der Waals surface area contributed by atoms with Crippen molar-refractivity contribution in [3.63, 3.8) is 0 Å². The van der Waals surface area contributed by atoms with Gasteiger partial charge in [-0.05, 0) is 95.2 Å². The Morgan fingerprint density at radius 2 is 2.00 bits per heavy atom. The second kappa shape index (κ2) is 7.42. The van der Waals surface area contributed by atoms with E-state index in [0.29, 0.717) is 11.6 Å². The summed E-state index contributed by atoms with van der Waals surface area (Å²) in [5.74, 6) is 2.50. The van der Waals surface area contributed by atoms with Crippen molar-refractivity contribution >= 4 is 36.0 Å². The van der Waals surface area contributed by atoms with Gasteiger partial charge in [0.1, 0.15) is 11.2 Å². The van der Waals surface area contributed by atoms with Crippen LogP contribution in [0.5, 0.6) is 0 Å². The van der Waals surface area contributed by atoms with Crippen LogP contribution in [0, 0.1) is 25.7 Å². The largest absolute Gasteiger partial charge is 0.454 e. The highest BCUT2D eigenvalue weighted by Gasteiger charge is 2.46. The number of rotatable bonds is 4. The third-order valence-electron chi connectivity index (χ3n) is 8.27. The van der Waals surface area contributed by atoms with E-state index in [9.17, 15) is 4.79 Å². The topological polar surface area (TPSA) is 51.3 Å². The van der Waals surface area contributed by atoms with Crippen LogP contribution in [-0.2, 0) is 6.54 Å². The Kier molecular flexibility index (Phi) is 4.52. The van der Waals surface area contributed by atoms with Gasteiger partial charge in [-0.1, -0.05) is 13.0 Å². The van der Waals surface area contributed by atoms with E-state index in [4.69, 9.17) is 9.40 Å². The van der Waals surface area contributed by atoms with Gasteiger partial charge in [0.15, 0.2) is 5.76 Å². The summed E-state index contributed by atoms with van der Waals surface area (Å²) < 4.78 is 11.0. The molecule has 3 atom stereocenters. The molecule has 3 aliphatic rings. The number of hydrogen-bond acceptors (Lipinski definition) is 3. The molecular formula is C28H30N3O2P. The highest BCUT2D eigenvalue weighted by atomic mass is 31.1. The molecule has 1 amide bonds. The minimum absolute atomic E-state index is 0.181. The minimum atomic E-state index is -0.316. The van der Waals surface area contributed by atoms with Gasteiger partial charge in [-0.15, -0.1) is 0 Å². The van der Waals surface area contributed by atoms with Crippen molar-refractivity contribution in [1.82, 2.24) is 14.2 Å². The number of carbonyl (C=O) groups excluding carboxylic acids is 1. The molecule has 6 heteroatoms. The lowest BCUT2D eigenvalue weighted by atomic mass is 10.0. The lowest BCUT2D eigenvalue weighted by Gasteiger charge is -2.27. The Bertz CT molecular complexity index is 1460. The second-order valence-corrected chi connectivity index (χ2v) is 13.2. The van der Waals surface area contributed by atoms with Gasteiger partial charge in [-0.25, -0.2) is 4.98 Å². The van der Waals surface area contributed by atoms with Gasteiger partial charge < -0.3 is 13.7 Å². The molecule has 0 radical (unpaired) electrons. The lowest BCUT2D eigenvalue weighted by Crippen LogP contribution is -2.28. The second-order valence-electron chi connectivity index (χ2n) is 10.6. The van der Waals surface area contributed by atoms with E-state index in [-0.39, 0.29) is 14.0 Å². The predicted octanol–water partition coefficient (Wildman–Crippen LogP) is 6.74. The van der Waals surface area contributed by atoms with Crippen LogP contribution in [0.4, 0.5) is 0 Å². The van der Waals surface area contributed by atoms with Gasteiger partial charge in [0.25, 0.3) is 5.91 Å². The summed E-state index contributed by atoms with van der Waals surface area (Å²) >= 11 is 0. The molecule has 0 spiro atoms. The molecule has 3 unspecified atom stereocenters. The molecular weight excluding hydrogens is 441 g/mol. The molecule has 7 rings (SSSR count). The summed E-state index contributed by atoms with van der Waals surface area (Å²) in [5.41, 5.74) is 6.54. The normalized spacial score (nSPS) is 24.1. The number of furan rings is 1. The molecule has 2 saturated heterocycles. The van der Waals surface area contributed by atoms with E-state index in [0.717, 1.165) is 69.3 Å². The first-order valence-electron chi connectivity index (χ1n) is 12.6. The number of benzene rings is 1. The van der Waals surface area contributed by atoms with Crippen molar-refractivity contribution in [3.8, 4) is 11.5 Å². The molecule has 2 aliphatic heterocycles. The van der Waals surface area contributed by atoms with Crippen LogP contribution in [0.15, 0.2) is 40.8 Å². The van der Waals surface area contributed by atoms with Crippen molar-refractivity contribution in [2.24, 2.45) is 11.8 Å². The first-order valence-corrected chi connectivity index (χ1v) is 14.1. The van der Waals surface area contributed by atoms with E-state index >= 15 is 0 Å². The van der Waals surface area contributed by atoms with Crippen LogP contribution >= 0.6 is 8.07 Å². The van der Waals surface area contributed by atoms with Gasteiger partial charge >= 0.3 is 0 Å². The highest BCUT2D eigenvalue weighted by Crippen LogP contribution is 2.61. The van der Waals surface area contributed by atoms with Gasteiger partial charge in [-0.2, -0.15) is 0 Å². The number of fused-ring (bicyclic) bond motifs is 4. The number of aryl methyl sites for hydroxylation is 2. The number of carbonyl (C=O) groups is 1. The van der Waals surface area contributed by atoms with Crippen LogP contribution in [0.25, 0.3) is 33.5 Å². The van der Waals surface area contributed by atoms with E-state index in [2.05, 4.69) is 47.4 Å². The number of hydrogen-bond donors (Lipinski definition) is 0. The number of pyridine rings is 1. The molecule has 4 aromatic rings. The molecule has 0 N–H and O–H groups in total. The molecule has 174 valence electrons. The van der Waals surface area contributed by atoms with Crippen molar-refractivity contribution < 1.29 is 9.21 Å². The van der Waals surface area contributed by atoms with E-state index < -0.39 is 0 Å². The van der Waals surface area contributed by atoms with Crippen molar-refractivity contribution in [1.29, 1.82) is 0 Å².